The van der Waals surface area contributed by atoms with E-state index >= 15 is 0 Å². The molecular formula is C11H12FNO. The standard InChI is InChI=1S/C11H12FNO/c1-7-4-9(12)8(5-10(7)14)11(2,3)6-13/h4-5,14H,1-3H3. The van der Waals surface area contributed by atoms with Crippen LogP contribution in [0.2, 0.25) is 0 Å². The lowest BCUT2D eigenvalue weighted by atomic mass is 9.85. The summed E-state index contributed by atoms with van der Waals surface area (Å²) in [4.78, 5) is 0. The summed E-state index contributed by atoms with van der Waals surface area (Å²) in [6.07, 6.45) is 0. The van der Waals surface area contributed by atoms with Gasteiger partial charge in [0.1, 0.15) is 11.6 Å². The van der Waals surface area contributed by atoms with Crippen LogP contribution in [0.15, 0.2) is 12.1 Å². The minimum atomic E-state index is -0.921. The van der Waals surface area contributed by atoms with Gasteiger partial charge in [0.25, 0.3) is 0 Å². The molecule has 0 radical (unpaired) electrons. The van der Waals surface area contributed by atoms with Gasteiger partial charge >= 0.3 is 0 Å². The predicted molar refractivity (Wildman–Crippen MR) is 51.4 cm³/mol. The largest absolute Gasteiger partial charge is 0.508 e. The molecule has 1 N–H and O–H groups in total. The predicted octanol–water partition coefficient (Wildman–Crippen LogP) is 2.64. The molecule has 0 aliphatic carbocycles. The Labute approximate surface area is 82.6 Å². The molecule has 0 fully saturated rings. The van der Waals surface area contributed by atoms with Gasteiger partial charge < -0.3 is 5.11 Å². The molecule has 0 atom stereocenters. The maximum absolute atomic E-state index is 13.5. The van der Waals surface area contributed by atoms with Crippen molar-refractivity contribution < 1.29 is 9.50 Å². The van der Waals surface area contributed by atoms with E-state index in [0.717, 1.165) is 0 Å². The maximum Gasteiger partial charge on any atom is 0.128 e. The Morgan fingerprint density at radius 2 is 2.00 bits per heavy atom. The number of nitrogens with zero attached hydrogens (tertiary/aromatic N) is 1. The van der Waals surface area contributed by atoms with Crippen LogP contribution >= 0.6 is 0 Å². The van der Waals surface area contributed by atoms with Crippen molar-refractivity contribution in [2.24, 2.45) is 0 Å². The van der Waals surface area contributed by atoms with Crippen LogP contribution in [0.25, 0.3) is 0 Å². The number of nitriles is 1. The van der Waals surface area contributed by atoms with E-state index in [2.05, 4.69) is 0 Å². The van der Waals surface area contributed by atoms with Gasteiger partial charge in [-0.15, -0.1) is 0 Å². The van der Waals surface area contributed by atoms with E-state index in [1.54, 1.807) is 20.8 Å². The molecular weight excluding hydrogens is 181 g/mol. The van der Waals surface area contributed by atoms with Gasteiger partial charge in [-0.1, -0.05) is 0 Å². The van der Waals surface area contributed by atoms with Crippen molar-refractivity contribution in [3.05, 3.63) is 29.1 Å². The van der Waals surface area contributed by atoms with Gasteiger partial charge in [-0.3, -0.25) is 0 Å². The van der Waals surface area contributed by atoms with Crippen LogP contribution < -0.4 is 0 Å². The van der Waals surface area contributed by atoms with Gasteiger partial charge in [0.15, 0.2) is 0 Å². The van der Waals surface area contributed by atoms with Crippen molar-refractivity contribution in [1.82, 2.24) is 0 Å². The summed E-state index contributed by atoms with van der Waals surface area (Å²) < 4.78 is 13.5. The van der Waals surface area contributed by atoms with Crippen LogP contribution in [0.4, 0.5) is 4.39 Å². The van der Waals surface area contributed by atoms with Crippen LogP contribution in [0.1, 0.15) is 25.0 Å². The number of benzene rings is 1. The molecule has 1 aromatic carbocycles. The first-order valence-electron chi connectivity index (χ1n) is 4.29. The summed E-state index contributed by atoms with van der Waals surface area (Å²) in [5, 5.41) is 18.2. The van der Waals surface area contributed by atoms with E-state index in [9.17, 15) is 9.50 Å². The second-order valence-corrected chi connectivity index (χ2v) is 3.86. The van der Waals surface area contributed by atoms with Crippen LogP contribution in [0.5, 0.6) is 5.75 Å². The summed E-state index contributed by atoms with van der Waals surface area (Å²) >= 11 is 0. The van der Waals surface area contributed by atoms with Crippen molar-refractivity contribution in [2.75, 3.05) is 0 Å². The molecule has 0 spiro atoms. The third kappa shape index (κ3) is 1.69. The summed E-state index contributed by atoms with van der Waals surface area (Å²) in [5.41, 5.74) is -0.224. The van der Waals surface area contributed by atoms with Gasteiger partial charge in [-0.05, 0) is 38.5 Å². The van der Waals surface area contributed by atoms with Gasteiger partial charge in [0.2, 0.25) is 0 Å². The topological polar surface area (TPSA) is 44.0 Å². The Balaban J connectivity index is 3.38. The highest BCUT2D eigenvalue weighted by Gasteiger charge is 2.24. The number of aromatic hydroxyl groups is 1. The van der Waals surface area contributed by atoms with Crippen LogP contribution in [0.3, 0.4) is 0 Å². The van der Waals surface area contributed by atoms with Crippen molar-refractivity contribution in [2.45, 2.75) is 26.2 Å². The van der Waals surface area contributed by atoms with E-state index in [-0.39, 0.29) is 11.3 Å². The van der Waals surface area contributed by atoms with Gasteiger partial charge in [-0.25, -0.2) is 4.39 Å². The number of phenols is 1. The lowest BCUT2D eigenvalue weighted by molar-refractivity contribution is 0.463. The second kappa shape index (κ2) is 3.30. The zero-order valence-corrected chi connectivity index (χ0v) is 8.43. The molecule has 0 bridgehead atoms. The molecule has 0 aliphatic rings. The Kier molecular flexibility index (Phi) is 2.48. The van der Waals surface area contributed by atoms with Gasteiger partial charge in [0, 0.05) is 5.56 Å². The molecule has 1 aromatic rings. The quantitative estimate of drug-likeness (QED) is 0.745. The van der Waals surface area contributed by atoms with Crippen LogP contribution in [-0.4, -0.2) is 5.11 Å². The summed E-state index contributed by atoms with van der Waals surface area (Å²) in [5.74, 6) is -0.434. The number of hydrogen-bond acceptors (Lipinski definition) is 2. The number of halogens is 1. The summed E-state index contributed by atoms with van der Waals surface area (Å²) in [7, 11) is 0. The SMILES string of the molecule is Cc1cc(F)c(C(C)(C)C#N)cc1O. The molecule has 1 rings (SSSR count). The van der Waals surface area contributed by atoms with E-state index < -0.39 is 11.2 Å². The highest BCUT2D eigenvalue weighted by molar-refractivity contribution is 5.41. The Hall–Kier alpha value is -1.56. The zero-order valence-electron chi connectivity index (χ0n) is 8.43. The highest BCUT2D eigenvalue weighted by Crippen LogP contribution is 2.30. The maximum atomic E-state index is 13.5. The van der Waals surface area contributed by atoms with E-state index in [4.69, 9.17) is 5.26 Å². The van der Waals surface area contributed by atoms with Crippen molar-refractivity contribution in [1.29, 1.82) is 5.26 Å². The van der Waals surface area contributed by atoms with Crippen molar-refractivity contribution in [3.8, 4) is 11.8 Å². The van der Waals surface area contributed by atoms with Gasteiger partial charge in [0.05, 0.1) is 11.5 Å². The monoisotopic (exact) mass is 193 g/mol. The lowest BCUT2D eigenvalue weighted by Crippen LogP contribution is -2.16. The molecule has 0 saturated carbocycles. The van der Waals surface area contributed by atoms with Crippen LogP contribution in [-0.2, 0) is 5.41 Å². The minimum Gasteiger partial charge on any atom is -0.508 e. The first-order valence-corrected chi connectivity index (χ1v) is 4.29. The summed E-state index contributed by atoms with van der Waals surface area (Å²) in [6, 6.07) is 4.55. The van der Waals surface area contributed by atoms with E-state index in [1.165, 1.54) is 12.1 Å². The fraction of sp³-hybridized carbons (Fsp3) is 0.364. The molecule has 0 aliphatic heterocycles. The molecule has 74 valence electrons. The third-order valence-corrected chi connectivity index (χ3v) is 2.24. The normalized spacial score (nSPS) is 11.1. The number of phenolic OH excluding ortho intramolecular Hbond substituents is 1. The third-order valence-electron chi connectivity index (χ3n) is 2.24. The molecule has 3 heteroatoms. The second-order valence-electron chi connectivity index (χ2n) is 3.86. The Morgan fingerprint density at radius 3 is 2.50 bits per heavy atom. The summed E-state index contributed by atoms with van der Waals surface area (Å²) in [6.45, 7) is 4.84. The first kappa shape index (κ1) is 10.5. The fourth-order valence-electron chi connectivity index (χ4n) is 1.20. The molecule has 14 heavy (non-hydrogen) atoms. The smallest absolute Gasteiger partial charge is 0.128 e. The highest BCUT2D eigenvalue weighted by atomic mass is 19.1. The average molecular weight is 193 g/mol. The minimum absolute atomic E-state index is 0.0183. The molecule has 0 amide bonds. The molecule has 0 heterocycles. The number of hydrogen-bond donors (Lipinski definition) is 1. The molecule has 0 aromatic heterocycles. The number of rotatable bonds is 1. The zero-order chi connectivity index (χ0) is 10.9. The lowest BCUT2D eigenvalue weighted by Gasteiger charge is -2.17. The van der Waals surface area contributed by atoms with Crippen molar-refractivity contribution >= 4 is 0 Å². The number of aryl methyl sites for hydroxylation is 1. The van der Waals surface area contributed by atoms with Crippen molar-refractivity contribution in [3.63, 3.8) is 0 Å². The average Bonchev–Trinajstić information content (AvgIpc) is 2.11. The fourth-order valence-corrected chi connectivity index (χ4v) is 1.20. The molecule has 0 unspecified atom stereocenters. The Bertz CT molecular complexity index is 404. The first-order chi connectivity index (χ1) is 6.38. The van der Waals surface area contributed by atoms with E-state index in [1.807, 2.05) is 6.07 Å². The van der Waals surface area contributed by atoms with Crippen LogP contribution in [0, 0.1) is 24.1 Å². The Morgan fingerprint density at radius 1 is 1.43 bits per heavy atom. The molecule has 2 nitrogen and oxygen atoms in total. The molecule has 0 saturated heterocycles. The van der Waals surface area contributed by atoms with Gasteiger partial charge in [-0.2, -0.15) is 5.26 Å². The van der Waals surface area contributed by atoms with E-state index in [0.29, 0.717) is 5.56 Å².